The van der Waals surface area contributed by atoms with Gasteiger partial charge in [0.1, 0.15) is 6.10 Å². The molecule has 10 heteroatoms. The Kier molecular flexibility index (Phi) is 34.0. The van der Waals surface area contributed by atoms with Crippen LogP contribution >= 0.6 is 0 Å². The van der Waals surface area contributed by atoms with Gasteiger partial charge in [-0.1, -0.05) is 71.8 Å². The highest BCUT2D eigenvalue weighted by Gasteiger charge is 2.41. The van der Waals surface area contributed by atoms with Crippen LogP contribution in [0.4, 0.5) is 13.2 Å². The third kappa shape index (κ3) is 21.8. The summed E-state index contributed by atoms with van der Waals surface area (Å²) in [6.07, 6.45) is 3.17. The number of carbonyl (C=O) groups excluding carboxylic acids is 4. The number of carbonyl (C=O) groups is 4. The first-order valence-electron chi connectivity index (χ1n) is 15.4. The molecule has 0 aromatic carbocycles. The van der Waals surface area contributed by atoms with E-state index in [1.54, 1.807) is 20.8 Å². The third-order valence-electron chi connectivity index (χ3n) is 8.38. The Hall–Kier alpha value is -2.13. The average molecular weight is 705 g/mol. The summed E-state index contributed by atoms with van der Waals surface area (Å²) in [5.41, 5.74) is -1.64. The zero-order chi connectivity index (χ0) is 32.9. The smallest absolute Gasteiger partial charge is 0.425 e. The van der Waals surface area contributed by atoms with E-state index in [1.165, 1.54) is 19.3 Å². The molecule has 7 nitrogen and oxygen atoms in total. The number of halogens is 3. The Morgan fingerprint density at radius 3 is 1.35 bits per heavy atom. The number of ketones is 1. The van der Waals surface area contributed by atoms with E-state index in [9.17, 15) is 32.3 Å². The van der Waals surface area contributed by atoms with Crippen molar-refractivity contribution >= 4 is 23.7 Å². The second kappa shape index (κ2) is 26.7. The molecular formula is C38H79F3O7. The molecule has 0 radical (unpaired) electrons. The molecule has 2 aliphatic rings. The molecule has 0 amide bonds. The average Bonchev–Trinajstić information content (AvgIpc) is 3.33. The number of hydrogen-bond acceptors (Lipinski definition) is 7. The maximum atomic E-state index is 12.0. The summed E-state index contributed by atoms with van der Waals surface area (Å²) >= 11 is 0. The molecular weight excluding hydrogens is 625 g/mol. The zero-order valence-corrected chi connectivity index (χ0v) is 27.5. The Labute approximate surface area is 295 Å². The third-order valence-corrected chi connectivity index (χ3v) is 8.38. The van der Waals surface area contributed by atoms with Crippen LogP contribution in [0.3, 0.4) is 0 Å². The molecule has 2 fully saturated rings. The Bertz CT molecular complexity index is 874. The molecule has 2 aliphatic carbocycles. The fourth-order valence-corrected chi connectivity index (χ4v) is 3.51. The minimum absolute atomic E-state index is 0. The van der Waals surface area contributed by atoms with Crippen LogP contribution in [0, 0.1) is 16.2 Å². The van der Waals surface area contributed by atoms with Gasteiger partial charge < -0.3 is 14.2 Å². The molecule has 2 atom stereocenters. The summed E-state index contributed by atoms with van der Waals surface area (Å²) in [6, 6.07) is 0. The second-order valence-corrected chi connectivity index (χ2v) is 13.2. The van der Waals surface area contributed by atoms with Gasteiger partial charge in [0.05, 0.1) is 16.2 Å². The molecule has 0 saturated heterocycles. The predicted octanol–water partition coefficient (Wildman–Crippen LogP) is 12.1. The number of ether oxygens (including phenoxy) is 3. The van der Waals surface area contributed by atoms with Crippen molar-refractivity contribution in [1.29, 1.82) is 0 Å². The van der Waals surface area contributed by atoms with Crippen molar-refractivity contribution < 1.29 is 46.6 Å². The van der Waals surface area contributed by atoms with Crippen LogP contribution in [0.15, 0.2) is 0 Å². The molecule has 0 aromatic heterocycles. The van der Waals surface area contributed by atoms with E-state index in [2.05, 4.69) is 4.74 Å². The van der Waals surface area contributed by atoms with Crippen LogP contribution in [0.2, 0.25) is 0 Å². The van der Waals surface area contributed by atoms with Crippen LogP contribution in [0.25, 0.3) is 0 Å². The quantitative estimate of drug-likeness (QED) is 0.174. The Morgan fingerprint density at radius 2 is 1.02 bits per heavy atom. The van der Waals surface area contributed by atoms with Gasteiger partial charge in [-0.2, -0.15) is 13.2 Å². The van der Waals surface area contributed by atoms with Crippen LogP contribution in [-0.4, -0.2) is 48.2 Å². The van der Waals surface area contributed by atoms with Crippen LogP contribution in [0.5, 0.6) is 0 Å². The van der Waals surface area contributed by atoms with Crippen molar-refractivity contribution in [1.82, 2.24) is 0 Å². The lowest BCUT2D eigenvalue weighted by Crippen LogP contribution is -2.36. The molecule has 0 heterocycles. The lowest BCUT2D eigenvalue weighted by Gasteiger charge is -2.27. The van der Waals surface area contributed by atoms with Gasteiger partial charge in [-0.15, -0.1) is 0 Å². The van der Waals surface area contributed by atoms with Gasteiger partial charge in [0, 0.05) is 6.42 Å². The van der Waals surface area contributed by atoms with Gasteiger partial charge in [-0.3, -0.25) is 19.2 Å². The molecule has 0 aliphatic heterocycles. The lowest BCUT2D eigenvalue weighted by molar-refractivity contribution is -0.221. The topological polar surface area (TPSA) is 96.0 Å². The summed E-state index contributed by atoms with van der Waals surface area (Å²) in [7, 11) is 0. The first-order valence-corrected chi connectivity index (χ1v) is 15.4. The molecule has 0 spiro atoms. The van der Waals surface area contributed by atoms with Crippen molar-refractivity contribution in [2.45, 2.75) is 209 Å². The van der Waals surface area contributed by atoms with E-state index in [-0.39, 0.29) is 73.8 Å². The Morgan fingerprint density at radius 1 is 0.646 bits per heavy atom. The molecule has 2 rings (SSSR count). The lowest BCUT2D eigenvalue weighted by atomic mass is 9.90. The van der Waals surface area contributed by atoms with Gasteiger partial charge in [-0.05, 0) is 106 Å². The largest absolute Gasteiger partial charge is 0.462 e. The van der Waals surface area contributed by atoms with E-state index in [4.69, 9.17) is 9.47 Å². The van der Waals surface area contributed by atoms with Crippen molar-refractivity contribution in [2.24, 2.45) is 16.2 Å². The monoisotopic (exact) mass is 705 g/mol. The summed E-state index contributed by atoms with van der Waals surface area (Å²) in [5.74, 6) is -1.01. The van der Waals surface area contributed by atoms with Crippen LogP contribution < -0.4 is 0 Å². The van der Waals surface area contributed by atoms with Gasteiger partial charge in [0.2, 0.25) is 0 Å². The molecule has 0 N–H and O–H groups in total. The number of hydrogen-bond donors (Lipinski definition) is 0. The molecule has 2 saturated carbocycles. The summed E-state index contributed by atoms with van der Waals surface area (Å²) in [6.45, 7) is 17.2. The minimum atomic E-state index is -4.49. The second-order valence-electron chi connectivity index (χ2n) is 13.2. The van der Waals surface area contributed by atoms with Crippen molar-refractivity contribution in [3.63, 3.8) is 0 Å². The summed E-state index contributed by atoms with van der Waals surface area (Å²) in [4.78, 5) is 45.8. The van der Waals surface area contributed by atoms with E-state index in [0.717, 1.165) is 39.0 Å². The molecule has 0 aromatic rings. The van der Waals surface area contributed by atoms with Gasteiger partial charge in [0.25, 0.3) is 0 Å². The highest BCUT2D eigenvalue weighted by Crippen LogP contribution is 2.29. The van der Waals surface area contributed by atoms with E-state index in [0.29, 0.717) is 19.3 Å². The highest BCUT2D eigenvalue weighted by atomic mass is 19.4. The normalized spacial score (nSPS) is 16.6. The SMILES string of the molecule is C.C.C.C.C.C.CCC(C)(C)C(=O)OC(C)C(F)(F)F.CCC(C)(C)C(=O)OC1CCCC1=O.CCC(C)(C)C(=O)OC1CCCCC1. The van der Waals surface area contributed by atoms with Crippen LogP contribution in [0.1, 0.15) is 184 Å². The number of esters is 3. The number of alkyl halides is 3. The standard InChI is InChI=1S/C12H22O2.C11H18O3.C9H15F3O2.6CH4/c1-4-12(2,3)11(13)14-10-8-6-5-7-9-10;1-4-11(2,3)10(13)14-9-7-5-6-8(9)12;1-5-8(3,4)7(13)14-6(2)9(10,11)12;;;;;;/h10H,4-9H2,1-3H3;9H,4-7H2,1-3H3;6H,5H2,1-4H3;6*1H4. The van der Waals surface area contributed by atoms with Crippen molar-refractivity contribution in [2.75, 3.05) is 0 Å². The summed E-state index contributed by atoms with van der Waals surface area (Å²) in [5, 5.41) is 0. The highest BCUT2D eigenvalue weighted by molar-refractivity contribution is 5.88. The first kappa shape index (κ1) is 61.1. The zero-order valence-electron chi connectivity index (χ0n) is 27.5. The first-order chi connectivity index (χ1) is 19.1. The molecule has 294 valence electrons. The maximum Gasteiger partial charge on any atom is 0.425 e. The minimum Gasteiger partial charge on any atom is -0.462 e. The van der Waals surface area contributed by atoms with Crippen molar-refractivity contribution in [3.8, 4) is 0 Å². The van der Waals surface area contributed by atoms with E-state index < -0.39 is 35.2 Å². The molecule has 48 heavy (non-hydrogen) atoms. The van der Waals surface area contributed by atoms with E-state index >= 15 is 0 Å². The fraction of sp³-hybridized carbons (Fsp3) is 0.895. The number of rotatable bonds is 9. The van der Waals surface area contributed by atoms with Gasteiger partial charge in [0.15, 0.2) is 18.0 Å². The predicted molar refractivity (Wildman–Crippen MR) is 196 cm³/mol. The maximum absolute atomic E-state index is 12.0. The molecule has 0 bridgehead atoms. The Balaban J connectivity index is -0.0000000989. The molecule has 2 unspecified atom stereocenters. The summed E-state index contributed by atoms with van der Waals surface area (Å²) < 4.78 is 51.1. The van der Waals surface area contributed by atoms with Gasteiger partial charge in [-0.25, -0.2) is 0 Å². The number of Topliss-reactive ketones (excluding diaryl/α,β-unsaturated/α-hetero) is 1. The van der Waals surface area contributed by atoms with E-state index in [1.807, 2.05) is 41.5 Å². The van der Waals surface area contributed by atoms with Gasteiger partial charge >= 0.3 is 24.1 Å². The van der Waals surface area contributed by atoms with Crippen molar-refractivity contribution in [3.05, 3.63) is 0 Å². The fourth-order valence-electron chi connectivity index (χ4n) is 3.51. The van der Waals surface area contributed by atoms with Crippen LogP contribution in [-0.2, 0) is 33.4 Å².